The maximum atomic E-state index is 4.63. The van der Waals surface area contributed by atoms with Crippen LogP contribution in [0.4, 0.5) is 0 Å². The standard InChI is InChI=1S/C46H31N3/c1-2-16-38(17-3-1)49-45-25-23-33(30-42(45)41-24-22-37(31-46(41)49)44-21-7-9-27-48-44)32-12-10-13-34(28-32)39-18-4-5-19-40(39)35-14-11-15-36(29-35)43-20-6-8-26-47-43/h1-31H. The van der Waals surface area contributed by atoms with Gasteiger partial charge in [-0.2, -0.15) is 0 Å². The number of para-hydroxylation sites is 1. The molecule has 3 aromatic heterocycles. The van der Waals surface area contributed by atoms with E-state index in [2.05, 4.69) is 166 Å². The first-order chi connectivity index (χ1) is 24.3. The fourth-order valence-corrected chi connectivity index (χ4v) is 6.98. The van der Waals surface area contributed by atoms with E-state index in [9.17, 15) is 0 Å². The Morgan fingerprint density at radius 2 is 0.878 bits per heavy atom. The molecule has 0 bridgehead atoms. The molecule has 0 unspecified atom stereocenters. The van der Waals surface area contributed by atoms with Gasteiger partial charge >= 0.3 is 0 Å². The van der Waals surface area contributed by atoms with Crippen molar-refractivity contribution in [3.63, 3.8) is 0 Å². The second-order valence-corrected chi connectivity index (χ2v) is 12.3. The summed E-state index contributed by atoms with van der Waals surface area (Å²) in [6, 6.07) is 62.5. The topological polar surface area (TPSA) is 30.7 Å². The number of hydrogen-bond acceptors (Lipinski definition) is 2. The van der Waals surface area contributed by atoms with E-state index in [1.165, 1.54) is 49.7 Å². The summed E-state index contributed by atoms with van der Waals surface area (Å²) >= 11 is 0. The zero-order chi connectivity index (χ0) is 32.6. The molecular weight excluding hydrogens is 595 g/mol. The van der Waals surface area contributed by atoms with Gasteiger partial charge in [0.2, 0.25) is 0 Å². The quantitative estimate of drug-likeness (QED) is 0.184. The van der Waals surface area contributed by atoms with Gasteiger partial charge in [-0.15, -0.1) is 0 Å². The summed E-state index contributed by atoms with van der Waals surface area (Å²) in [4.78, 5) is 9.21. The van der Waals surface area contributed by atoms with Gasteiger partial charge in [0.05, 0.1) is 22.4 Å². The summed E-state index contributed by atoms with van der Waals surface area (Å²) < 4.78 is 2.37. The molecule has 9 rings (SSSR count). The Balaban J connectivity index is 1.16. The molecule has 0 amide bonds. The van der Waals surface area contributed by atoms with Crippen LogP contribution in [0.1, 0.15) is 0 Å². The van der Waals surface area contributed by atoms with Gasteiger partial charge in [-0.3, -0.25) is 9.97 Å². The van der Waals surface area contributed by atoms with E-state index in [4.69, 9.17) is 0 Å². The predicted molar refractivity (Wildman–Crippen MR) is 204 cm³/mol. The van der Waals surface area contributed by atoms with E-state index >= 15 is 0 Å². The van der Waals surface area contributed by atoms with Crippen molar-refractivity contribution in [2.75, 3.05) is 0 Å². The van der Waals surface area contributed by atoms with Gasteiger partial charge in [-0.1, -0.05) is 109 Å². The highest BCUT2D eigenvalue weighted by Gasteiger charge is 2.16. The van der Waals surface area contributed by atoms with Crippen LogP contribution in [-0.4, -0.2) is 14.5 Å². The van der Waals surface area contributed by atoms with E-state index in [-0.39, 0.29) is 0 Å². The predicted octanol–water partition coefficient (Wildman–Crippen LogP) is 11.9. The largest absolute Gasteiger partial charge is 0.309 e. The Kier molecular flexibility index (Phi) is 7.14. The minimum atomic E-state index is 0.968. The number of hydrogen-bond donors (Lipinski definition) is 0. The van der Waals surface area contributed by atoms with Gasteiger partial charge in [0.25, 0.3) is 0 Å². The van der Waals surface area contributed by atoms with Crippen molar-refractivity contribution >= 4 is 21.8 Å². The van der Waals surface area contributed by atoms with E-state index in [0.717, 1.165) is 33.7 Å². The highest BCUT2D eigenvalue weighted by atomic mass is 15.0. The maximum absolute atomic E-state index is 4.63. The highest BCUT2D eigenvalue weighted by Crippen LogP contribution is 2.39. The Morgan fingerprint density at radius 1 is 0.327 bits per heavy atom. The first-order valence-corrected chi connectivity index (χ1v) is 16.6. The van der Waals surface area contributed by atoms with Crippen molar-refractivity contribution in [3.8, 4) is 61.6 Å². The molecule has 6 aromatic carbocycles. The van der Waals surface area contributed by atoms with Gasteiger partial charge < -0.3 is 4.57 Å². The van der Waals surface area contributed by atoms with Crippen LogP contribution in [0, 0.1) is 0 Å². The maximum Gasteiger partial charge on any atom is 0.0702 e. The van der Waals surface area contributed by atoms with E-state index in [1.807, 2.05) is 36.7 Å². The number of pyridine rings is 2. The van der Waals surface area contributed by atoms with Crippen LogP contribution in [-0.2, 0) is 0 Å². The van der Waals surface area contributed by atoms with E-state index in [0.29, 0.717) is 0 Å². The minimum Gasteiger partial charge on any atom is -0.309 e. The molecule has 3 nitrogen and oxygen atoms in total. The normalized spacial score (nSPS) is 11.3. The van der Waals surface area contributed by atoms with Crippen molar-refractivity contribution in [1.82, 2.24) is 14.5 Å². The average Bonchev–Trinajstić information content (AvgIpc) is 3.52. The number of fused-ring (bicyclic) bond motifs is 3. The average molecular weight is 626 g/mol. The summed E-state index contributed by atoms with van der Waals surface area (Å²) in [7, 11) is 0. The van der Waals surface area contributed by atoms with Crippen molar-refractivity contribution in [2.45, 2.75) is 0 Å². The monoisotopic (exact) mass is 625 g/mol. The highest BCUT2D eigenvalue weighted by molar-refractivity contribution is 6.11. The lowest BCUT2D eigenvalue weighted by molar-refractivity contribution is 1.18. The summed E-state index contributed by atoms with van der Waals surface area (Å²) in [6.07, 6.45) is 3.70. The molecule has 230 valence electrons. The zero-order valence-corrected chi connectivity index (χ0v) is 26.7. The van der Waals surface area contributed by atoms with Crippen LogP contribution in [0.2, 0.25) is 0 Å². The van der Waals surface area contributed by atoms with Crippen LogP contribution in [0.5, 0.6) is 0 Å². The molecule has 3 heteroatoms. The van der Waals surface area contributed by atoms with Crippen LogP contribution in [0.15, 0.2) is 188 Å². The first-order valence-electron chi connectivity index (χ1n) is 16.6. The van der Waals surface area contributed by atoms with Crippen molar-refractivity contribution < 1.29 is 0 Å². The van der Waals surface area contributed by atoms with Crippen LogP contribution in [0.25, 0.3) is 83.4 Å². The molecule has 3 heterocycles. The smallest absolute Gasteiger partial charge is 0.0702 e. The third-order valence-corrected chi connectivity index (χ3v) is 9.31. The fraction of sp³-hybridized carbons (Fsp3) is 0. The van der Waals surface area contributed by atoms with Gasteiger partial charge in [0.15, 0.2) is 0 Å². The number of aromatic nitrogens is 3. The molecule has 0 atom stereocenters. The van der Waals surface area contributed by atoms with E-state index in [1.54, 1.807) is 0 Å². The molecule has 0 aliphatic heterocycles. The first kappa shape index (κ1) is 28.6. The third-order valence-electron chi connectivity index (χ3n) is 9.31. The van der Waals surface area contributed by atoms with Gasteiger partial charge in [-0.25, -0.2) is 0 Å². The summed E-state index contributed by atoms with van der Waals surface area (Å²) in [5, 5.41) is 2.44. The fourth-order valence-electron chi connectivity index (χ4n) is 6.98. The minimum absolute atomic E-state index is 0.968. The molecule has 0 saturated heterocycles. The van der Waals surface area contributed by atoms with Crippen molar-refractivity contribution in [3.05, 3.63) is 188 Å². The summed E-state index contributed by atoms with van der Waals surface area (Å²) in [5.41, 5.74) is 14.8. The Bertz CT molecular complexity index is 2590. The van der Waals surface area contributed by atoms with Crippen LogP contribution < -0.4 is 0 Å². The lowest BCUT2D eigenvalue weighted by atomic mass is 9.91. The zero-order valence-electron chi connectivity index (χ0n) is 26.7. The summed E-state index contributed by atoms with van der Waals surface area (Å²) in [5.74, 6) is 0. The molecule has 0 spiro atoms. The van der Waals surface area contributed by atoms with E-state index < -0.39 is 0 Å². The van der Waals surface area contributed by atoms with Crippen molar-refractivity contribution in [1.29, 1.82) is 0 Å². The number of nitrogens with zero attached hydrogens (tertiary/aromatic N) is 3. The molecule has 0 aliphatic rings. The SMILES string of the molecule is c1ccc(-n2c3ccc(-c4cccc(-c5ccccc5-c5cccc(-c6ccccn6)c5)c4)cc3c3ccc(-c4ccccn4)cc32)cc1. The molecule has 0 fully saturated rings. The molecule has 49 heavy (non-hydrogen) atoms. The Morgan fingerprint density at radius 3 is 1.55 bits per heavy atom. The lowest BCUT2D eigenvalue weighted by Gasteiger charge is -2.13. The Labute approximate surface area is 285 Å². The lowest BCUT2D eigenvalue weighted by Crippen LogP contribution is -1.93. The second kappa shape index (κ2) is 12.2. The molecule has 0 radical (unpaired) electrons. The van der Waals surface area contributed by atoms with Crippen molar-refractivity contribution in [2.24, 2.45) is 0 Å². The van der Waals surface area contributed by atoms with Crippen LogP contribution in [0.3, 0.4) is 0 Å². The summed E-state index contributed by atoms with van der Waals surface area (Å²) in [6.45, 7) is 0. The van der Waals surface area contributed by atoms with Gasteiger partial charge in [0.1, 0.15) is 0 Å². The molecule has 0 N–H and O–H groups in total. The number of benzene rings is 6. The van der Waals surface area contributed by atoms with Gasteiger partial charge in [0, 0.05) is 40.0 Å². The Hall–Kier alpha value is -6.58. The third kappa shape index (κ3) is 5.28. The number of rotatable bonds is 6. The van der Waals surface area contributed by atoms with Gasteiger partial charge in [-0.05, 0) is 100 Å². The molecule has 0 saturated carbocycles. The van der Waals surface area contributed by atoms with Crippen LogP contribution >= 0.6 is 0 Å². The molecule has 9 aromatic rings. The molecule has 0 aliphatic carbocycles. The second-order valence-electron chi connectivity index (χ2n) is 12.3. The molecular formula is C46H31N3.